The predicted molar refractivity (Wildman–Crippen MR) is 269 cm³/mol. The van der Waals surface area contributed by atoms with Crippen LogP contribution in [0.25, 0.3) is 0 Å². The van der Waals surface area contributed by atoms with Crippen molar-refractivity contribution in [1.29, 1.82) is 0 Å². The molecule has 0 aromatic heterocycles. The molecule has 62 heavy (non-hydrogen) atoms. The minimum atomic E-state index is -0.232. The summed E-state index contributed by atoms with van der Waals surface area (Å²) in [5.41, 5.74) is 5.55. The van der Waals surface area contributed by atoms with Gasteiger partial charge in [0, 0.05) is 32.1 Å². The van der Waals surface area contributed by atoms with Gasteiger partial charge in [0.2, 0.25) is 23.6 Å². The third kappa shape index (κ3) is 42.9. The molecule has 4 amide bonds. The van der Waals surface area contributed by atoms with E-state index in [1.807, 2.05) is 83.5 Å². The molecule has 0 aliphatic carbocycles. The van der Waals surface area contributed by atoms with Crippen molar-refractivity contribution >= 4 is 23.6 Å². The molecular weight excluding hydrogens is 781 g/mol. The molecule has 14 nitrogen and oxygen atoms in total. The summed E-state index contributed by atoms with van der Waals surface area (Å²) in [6.45, 7) is 27.3. The third-order valence-corrected chi connectivity index (χ3v) is 10.2. The van der Waals surface area contributed by atoms with Crippen molar-refractivity contribution in [2.45, 2.75) is 190 Å². The summed E-state index contributed by atoms with van der Waals surface area (Å²) in [5, 5.41) is 21.5. The van der Waals surface area contributed by atoms with E-state index in [0.717, 1.165) is 129 Å². The monoisotopic (exact) mass is 889 g/mol. The molecule has 0 fully saturated rings. The molecule has 4 unspecified atom stereocenters. The van der Waals surface area contributed by atoms with Crippen LogP contribution in [0, 0.1) is 5.92 Å². The van der Waals surface area contributed by atoms with Gasteiger partial charge >= 0.3 is 0 Å². The number of carbonyl (C=O) groups excluding carboxylic acids is 4. The number of hydrogen-bond acceptors (Lipinski definition) is 10. The van der Waals surface area contributed by atoms with Gasteiger partial charge in [0.05, 0.1) is 18.1 Å². The zero-order chi connectivity index (χ0) is 48.4. The predicted octanol–water partition coefficient (Wildman–Crippen LogP) is 6.04. The van der Waals surface area contributed by atoms with Crippen LogP contribution in [0.2, 0.25) is 0 Å². The number of rotatable bonds is 37. The molecule has 0 aromatic carbocycles. The lowest BCUT2D eigenvalue weighted by Crippen LogP contribution is -2.44. The molecule has 9 N–H and O–H groups in total. The Morgan fingerprint density at radius 1 is 0.435 bits per heavy atom. The van der Waals surface area contributed by atoms with Crippen LogP contribution < -0.4 is 43.0 Å². The lowest BCUT2D eigenvalue weighted by atomic mass is 10.0. The summed E-state index contributed by atoms with van der Waals surface area (Å²) in [6.07, 6.45) is 14.7. The maximum absolute atomic E-state index is 12.7. The number of nitrogens with two attached hydrogens (primary N) is 1. The fourth-order valence-electron chi connectivity index (χ4n) is 6.38. The van der Waals surface area contributed by atoms with Crippen LogP contribution in [0.4, 0.5) is 0 Å². The summed E-state index contributed by atoms with van der Waals surface area (Å²) < 4.78 is 0. The molecule has 0 heterocycles. The zero-order valence-electron chi connectivity index (χ0n) is 43.6. The highest BCUT2D eigenvalue weighted by atomic mass is 16.2. The molecule has 0 bridgehead atoms. The van der Waals surface area contributed by atoms with Gasteiger partial charge in [-0.1, -0.05) is 88.5 Å². The highest BCUT2D eigenvalue weighted by Gasteiger charge is 2.18. The fourth-order valence-corrected chi connectivity index (χ4v) is 6.38. The van der Waals surface area contributed by atoms with Crippen molar-refractivity contribution < 1.29 is 19.2 Å². The van der Waals surface area contributed by atoms with Gasteiger partial charge in [0.1, 0.15) is 0 Å². The van der Waals surface area contributed by atoms with E-state index in [2.05, 4.69) is 68.0 Å². The molecule has 0 saturated heterocycles. The molecule has 0 saturated carbocycles. The minimum Gasteiger partial charge on any atom is -0.356 e. The second-order valence-electron chi connectivity index (χ2n) is 15.0. The van der Waals surface area contributed by atoms with E-state index < -0.39 is 0 Å². The first kappa shape index (κ1) is 68.7. The summed E-state index contributed by atoms with van der Waals surface area (Å²) in [5.74, 6) is 0.303. The molecule has 0 aromatic rings. The largest absolute Gasteiger partial charge is 0.356 e. The standard InChI is InChI=1S/C40H84N10O4.4C2H6/c1-8-9-20-33(2)37(51)45-25-14-11-22-35(43-4)39(53)47-27-18-31-49(6)29-16-17-30-50(7)32-19-28-48-40(54)36(44-5)23-12-15-26-46-38(52)34(42-3)21-10-13-24-41;4*1-2/h33-36,42-44H,8-32,41H2,1-7H3,(H,45,51)(H,46,52)(H,47,53)(H,48,54);4*1-2H3. The van der Waals surface area contributed by atoms with Crippen LogP contribution in [-0.2, 0) is 19.2 Å². The van der Waals surface area contributed by atoms with Crippen LogP contribution in [0.1, 0.15) is 172 Å². The Labute approximate surface area is 384 Å². The SMILES string of the molecule is CC.CC.CC.CC.CCCCC(C)C(=O)NCCCCC(NC)C(=O)NCCCN(C)CCCCN(C)CCCNC(=O)C(CCCCNC(=O)C(CCCCN)NC)NC. The summed E-state index contributed by atoms with van der Waals surface area (Å²) in [6, 6.07) is -0.628. The number of hydrogen-bond donors (Lipinski definition) is 8. The Morgan fingerprint density at radius 2 is 0.742 bits per heavy atom. The van der Waals surface area contributed by atoms with Gasteiger partial charge in [-0.15, -0.1) is 0 Å². The highest BCUT2D eigenvalue weighted by Crippen LogP contribution is 2.08. The van der Waals surface area contributed by atoms with Gasteiger partial charge in [0.15, 0.2) is 0 Å². The molecule has 0 rings (SSSR count). The van der Waals surface area contributed by atoms with Crippen molar-refractivity contribution in [3.63, 3.8) is 0 Å². The lowest BCUT2D eigenvalue weighted by Gasteiger charge is -2.20. The summed E-state index contributed by atoms with van der Waals surface area (Å²) >= 11 is 0. The van der Waals surface area contributed by atoms with Crippen molar-refractivity contribution in [3.8, 4) is 0 Å². The number of nitrogens with zero attached hydrogens (tertiary/aromatic N) is 2. The number of carbonyl (C=O) groups is 4. The van der Waals surface area contributed by atoms with E-state index >= 15 is 0 Å². The Bertz CT molecular complexity index is 963. The first-order chi connectivity index (χ1) is 30.0. The molecule has 0 aliphatic heterocycles. The zero-order valence-corrected chi connectivity index (χ0v) is 43.6. The average Bonchev–Trinajstić information content (AvgIpc) is 3.30. The minimum absolute atomic E-state index is 0.0263. The second kappa shape index (κ2) is 54.8. The molecule has 374 valence electrons. The molecule has 0 radical (unpaired) electrons. The lowest BCUT2D eigenvalue weighted by molar-refractivity contribution is -0.125. The first-order valence-electron chi connectivity index (χ1n) is 25.2. The Balaban J connectivity index is -0.00000127. The highest BCUT2D eigenvalue weighted by molar-refractivity contribution is 5.82. The van der Waals surface area contributed by atoms with Crippen LogP contribution >= 0.6 is 0 Å². The van der Waals surface area contributed by atoms with Gasteiger partial charge in [-0.05, 0) is 151 Å². The van der Waals surface area contributed by atoms with E-state index in [4.69, 9.17) is 5.73 Å². The maximum Gasteiger partial charge on any atom is 0.237 e. The summed E-state index contributed by atoms with van der Waals surface area (Å²) in [7, 11) is 9.72. The topological polar surface area (TPSA) is 185 Å². The molecular formula is C48H108N10O4. The molecule has 0 spiro atoms. The average molecular weight is 889 g/mol. The van der Waals surface area contributed by atoms with E-state index in [1.54, 1.807) is 0 Å². The number of nitrogens with one attached hydrogen (secondary N) is 7. The molecule has 0 aliphatic rings. The van der Waals surface area contributed by atoms with Crippen LogP contribution in [0.3, 0.4) is 0 Å². The van der Waals surface area contributed by atoms with Crippen LogP contribution in [-0.4, -0.2) is 146 Å². The van der Waals surface area contributed by atoms with Crippen LogP contribution in [0.5, 0.6) is 0 Å². The Morgan fingerprint density at radius 3 is 1.06 bits per heavy atom. The smallest absolute Gasteiger partial charge is 0.237 e. The first-order valence-corrected chi connectivity index (χ1v) is 25.2. The van der Waals surface area contributed by atoms with Gasteiger partial charge in [-0.2, -0.15) is 0 Å². The van der Waals surface area contributed by atoms with Crippen molar-refractivity contribution in [2.75, 3.05) is 94.1 Å². The number of likely N-dealkylation sites (N-methyl/N-ethyl adjacent to an activating group) is 3. The Kier molecular flexibility index (Phi) is 60.7. The fraction of sp³-hybridized carbons (Fsp3) is 0.917. The van der Waals surface area contributed by atoms with Gasteiger partial charge < -0.3 is 52.8 Å². The van der Waals surface area contributed by atoms with Crippen molar-refractivity contribution in [3.05, 3.63) is 0 Å². The van der Waals surface area contributed by atoms with Crippen LogP contribution in [0.15, 0.2) is 0 Å². The quantitative estimate of drug-likeness (QED) is 0.0343. The number of amides is 4. The van der Waals surface area contributed by atoms with E-state index in [0.29, 0.717) is 32.7 Å². The van der Waals surface area contributed by atoms with Crippen molar-refractivity contribution in [2.24, 2.45) is 11.7 Å². The van der Waals surface area contributed by atoms with E-state index in [1.165, 1.54) is 0 Å². The second-order valence-corrected chi connectivity index (χ2v) is 15.0. The number of unbranched alkanes of at least 4 members (excludes halogenated alkanes) is 5. The van der Waals surface area contributed by atoms with Gasteiger partial charge in [0.25, 0.3) is 0 Å². The summed E-state index contributed by atoms with van der Waals surface area (Å²) in [4.78, 5) is 54.5. The van der Waals surface area contributed by atoms with Gasteiger partial charge in [-0.25, -0.2) is 0 Å². The van der Waals surface area contributed by atoms with E-state index in [-0.39, 0.29) is 47.7 Å². The third-order valence-electron chi connectivity index (χ3n) is 10.2. The van der Waals surface area contributed by atoms with Crippen molar-refractivity contribution in [1.82, 2.24) is 47.0 Å². The maximum atomic E-state index is 12.7. The van der Waals surface area contributed by atoms with E-state index in [9.17, 15) is 19.2 Å². The van der Waals surface area contributed by atoms with Gasteiger partial charge in [-0.3, -0.25) is 19.2 Å². The molecule has 4 atom stereocenters. The normalized spacial score (nSPS) is 12.4. The Hall–Kier alpha value is -2.36. The molecule has 14 heteroatoms.